The fourth-order valence-electron chi connectivity index (χ4n) is 1.87. The van der Waals surface area contributed by atoms with Crippen LogP contribution in [0.25, 0.3) is 0 Å². The van der Waals surface area contributed by atoms with Crippen LogP contribution in [0, 0.1) is 0 Å². The van der Waals surface area contributed by atoms with Gasteiger partial charge >= 0.3 is 0 Å². The predicted octanol–water partition coefficient (Wildman–Crippen LogP) is 1.04. The molecule has 0 aromatic carbocycles. The average Bonchev–Trinajstić information content (AvgIpc) is 2.52. The molecule has 3 nitrogen and oxygen atoms in total. The van der Waals surface area contributed by atoms with Crippen LogP contribution in [-0.2, 0) is 9.84 Å². The first-order chi connectivity index (χ1) is 6.47. The number of sulfone groups is 1. The summed E-state index contributed by atoms with van der Waals surface area (Å²) >= 11 is 1.92. The molecule has 0 amide bonds. The third-order valence-corrected chi connectivity index (χ3v) is 5.41. The van der Waals surface area contributed by atoms with Gasteiger partial charge < -0.3 is 5.73 Å². The summed E-state index contributed by atoms with van der Waals surface area (Å²) in [6, 6.07) is 0. The van der Waals surface area contributed by atoms with Gasteiger partial charge in [0.05, 0.1) is 0 Å². The highest BCUT2D eigenvalue weighted by molar-refractivity contribution is 8.00. The number of hydrogen-bond donors (Lipinski definition) is 1. The molecular formula is C9H19NO2S2. The van der Waals surface area contributed by atoms with E-state index in [9.17, 15) is 8.42 Å². The molecule has 84 valence electrons. The molecule has 0 aromatic heterocycles. The van der Waals surface area contributed by atoms with E-state index in [0.29, 0.717) is 12.3 Å². The molecule has 1 saturated heterocycles. The van der Waals surface area contributed by atoms with Crippen molar-refractivity contribution in [1.29, 1.82) is 0 Å². The second-order valence-corrected chi connectivity index (χ2v) is 7.90. The van der Waals surface area contributed by atoms with Gasteiger partial charge in [-0.05, 0) is 31.4 Å². The van der Waals surface area contributed by atoms with E-state index in [0.717, 1.165) is 19.3 Å². The maximum atomic E-state index is 11.0. The smallest absolute Gasteiger partial charge is 0.147 e. The summed E-state index contributed by atoms with van der Waals surface area (Å²) in [4.78, 5) is 0. The minimum absolute atomic E-state index is 0.185. The standard InChI is InChI=1S/C9H19NO2S2/c1-14(11,12)7-3-5-9(8-10)4-2-6-13-9/h2-8,10H2,1H3. The predicted molar refractivity (Wildman–Crippen MR) is 62.4 cm³/mol. The second-order valence-electron chi connectivity index (χ2n) is 4.07. The van der Waals surface area contributed by atoms with Gasteiger partial charge in [-0.2, -0.15) is 11.8 Å². The molecule has 0 aliphatic carbocycles. The van der Waals surface area contributed by atoms with Gasteiger partial charge in [0.2, 0.25) is 0 Å². The third-order valence-electron chi connectivity index (χ3n) is 2.70. The fourth-order valence-corrected chi connectivity index (χ4v) is 3.96. The molecule has 14 heavy (non-hydrogen) atoms. The van der Waals surface area contributed by atoms with Crippen molar-refractivity contribution in [2.24, 2.45) is 5.73 Å². The fraction of sp³-hybridized carbons (Fsp3) is 1.00. The summed E-state index contributed by atoms with van der Waals surface area (Å²) in [6.07, 6.45) is 5.37. The summed E-state index contributed by atoms with van der Waals surface area (Å²) < 4.78 is 22.1. The van der Waals surface area contributed by atoms with Crippen LogP contribution >= 0.6 is 11.8 Å². The molecule has 2 N–H and O–H groups in total. The van der Waals surface area contributed by atoms with E-state index in [2.05, 4.69) is 0 Å². The summed E-state index contributed by atoms with van der Waals surface area (Å²) in [7, 11) is -2.80. The number of hydrogen-bond acceptors (Lipinski definition) is 4. The number of thioether (sulfide) groups is 1. The highest BCUT2D eigenvalue weighted by Crippen LogP contribution is 2.40. The van der Waals surface area contributed by atoms with Crippen LogP contribution < -0.4 is 5.73 Å². The molecular weight excluding hydrogens is 218 g/mol. The molecule has 1 heterocycles. The number of nitrogens with two attached hydrogens (primary N) is 1. The van der Waals surface area contributed by atoms with Gasteiger partial charge in [-0.15, -0.1) is 0 Å². The molecule has 1 unspecified atom stereocenters. The zero-order valence-corrected chi connectivity index (χ0v) is 10.3. The van der Waals surface area contributed by atoms with E-state index < -0.39 is 9.84 Å². The topological polar surface area (TPSA) is 60.2 Å². The van der Waals surface area contributed by atoms with E-state index in [1.807, 2.05) is 11.8 Å². The Morgan fingerprint density at radius 3 is 2.64 bits per heavy atom. The second kappa shape index (κ2) is 4.86. The van der Waals surface area contributed by atoms with Gasteiger partial charge in [-0.3, -0.25) is 0 Å². The van der Waals surface area contributed by atoms with E-state index in [1.54, 1.807) is 0 Å². The van der Waals surface area contributed by atoms with Crippen LogP contribution in [0.5, 0.6) is 0 Å². The van der Waals surface area contributed by atoms with Crippen molar-refractivity contribution in [3.8, 4) is 0 Å². The Morgan fingerprint density at radius 1 is 1.50 bits per heavy atom. The van der Waals surface area contributed by atoms with E-state index in [1.165, 1.54) is 18.4 Å². The lowest BCUT2D eigenvalue weighted by atomic mass is 9.98. The van der Waals surface area contributed by atoms with Crippen LogP contribution in [0.4, 0.5) is 0 Å². The van der Waals surface area contributed by atoms with Crippen LogP contribution in [0.2, 0.25) is 0 Å². The summed E-state index contributed by atoms with van der Waals surface area (Å²) in [5, 5.41) is 0. The Labute approximate surface area is 90.7 Å². The van der Waals surface area contributed by atoms with Crippen molar-refractivity contribution < 1.29 is 8.42 Å². The lowest BCUT2D eigenvalue weighted by Gasteiger charge is -2.25. The molecule has 1 aliphatic rings. The largest absolute Gasteiger partial charge is 0.329 e. The molecule has 0 radical (unpaired) electrons. The van der Waals surface area contributed by atoms with Crippen molar-refractivity contribution in [2.75, 3.05) is 24.3 Å². The van der Waals surface area contributed by atoms with Gasteiger partial charge in [-0.25, -0.2) is 8.42 Å². The molecule has 1 aliphatic heterocycles. The van der Waals surface area contributed by atoms with Crippen molar-refractivity contribution in [1.82, 2.24) is 0 Å². The third kappa shape index (κ3) is 3.79. The zero-order chi connectivity index (χ0) is 10.7. The SMILES string of the molecule is CS(=O)(=O)CCCC1(CN)CCCS1. The molecule has 1 fully saturated rings. The van der Waals surface area contributed by atoms with Crippen LogP contribution in [-0.4, -0.2) is 37.5 Å². The Morgan fingerprint density at radius 2 is 2.21 bits per heavy atom. The lowest BCUT2D eigenvalue weighted by molar-refractivity contribution is 0.517. The van der Waals surface area contributed by atoms with E-state index in [-0.39, 0.29) is 4.75 Å². The molecule has 0 aromatic rings. The Bertz CT molecular complexity index is 269. The van der Waals surface area contributed by atoms with E-state index >= 15 is 0 Å². The monoisotopic (exact) mass is 237 g/mol. The molecule has 1 atom stereocenters. The zero-order valence-electron chi connectivity index (χ0n) is 8.66. The molecule has 0 spiro atoms. The maximum absolute atomic E-state index is 11.0. The Hall–Kier alpha value is 0.260. The Kier molecular flexibility index (Phi) is 4.28. The first kappa shape index (κ1) is 12.3. The molecule has 1 rings (SSSR count). The summed E-state index contributed by atoms with van der Waals surface area (Å²) in [6.45, 7) is 0.682. The highest BCUT2D eigenvalue weighted by Gasteiger charge is 2.32. The Balaban J connectivity index is 2.35. The first-order valence-electron chi connectivity index (χ1n) is 4.99. The quantitative estimate of drug-likeness (QED) is 0.776. The average molecular weight is 237 g/mol. The summed E-state index contributed by atoms with van der Waals surface area (Å²) in [5.74, 6) is 1.48. The van der Waals surface area contributed by atoms with Crippen molar-refractivity contribution in [3.63, 3.8) is 0 Å². The molecule has 0 bridgehead atoms. The van der Waals surface area contributed by atoms with E-state index in [4.69, 9.17) is 5.73 Å². The highest BCUT2D eigenvalue weighted by atomic mass is 32.2. The van der Waals surface area contributed by atoms with Gasteiger partial charge in [0.25, 0.3) is 0 Å². The number of rotatable bonds is 5. The van der Waals surface area contributed by atoms with Crippen molar-refractivity contribution in [3.05, 3.63) is 0 Å². The van der Waals surface area contributed by atoms with Crippen LogP contribution in [0.1, 0.15) is 25.7 Å². The van der Waals surface area contributed by atoms with Gasteiger partial charge in [0, 0.05) is 23.3 Å². The van der Waals surface area contributed by atoms with Crippen molar-refractivity contribution >= 4 is 21.6 Å². The van der Waals surface area contributed by atoms with Gasteiger partial charge in [-0.1, -0.05) is 0 Å². The minimum atomic E-state index is -2.80. The van der Waals surface area contributed by atoms with Crippen LogP contribution in [0.15, 0.2) is 0 Å². The maximum Gasteiger partial charge on any atom is 0.147 e. The first-order valence-corrected chi connectivity index (χ1v) is 8.04. The minimum Gasteiger partial charge on any atom is -0.329 e. The molecule has 0 saturated carbocycles. The van der Waals surface area contributed by atoms with Crippen LogP contribution in [0.3, 0.4) is 0 Å². The lowest BCUT2D eigenvalue weighted by Crippen LogP contribution is -2.32. The normalized spacial score (nSPS) is 28.1. The molecule has 5 heteroatoms. The van der Waals surface area contributed by atoms with Gasteiger partial charge in [0.1, 0.15) is 9.84 Å². The summed E-state index contributed by atoms with van der Waals surface area (Å²) in [5.41, 5.74) is 5.75. The van der Waals surface area contributed by atoms with Crippen molar-refractivity contribution in [2.45, 2.75) is 30.4 Å². The van der Waals surface area contributed by atoms with Gasteiger partial charge in [0.15, 0.2) is 0 Å².